The van der Waals surface area contributed by atoms with Crippen molar-refractivity contribution in [2.24, 2.45) is 11.1 Å². The largest absolute Gasteiger partial charge is 0.330 e. The number of carbonyl (C=O) groups excluding carboxylic acids is 1. The van der Waals surface area contributed by atoms with Crippen molar-refractivity contribution in [3.8, 4) is 0 Å². The van der Waals surface area contributed by atoms with Crippen LogP contribution in [-0.2, 0) is 0 Å². The summed E-state index contributed by atoms with van der Waals surface area (Å²) in [6.07, 6.45) is 3.49. The molecule has 1 unspecified atom stereocenters. The third-order valence-corrected chi connectivity index (χ3v) is 3.27. The van der Waals surface area contributed by atoms with E-state index in [1.807, 2.05) is 17.0 Å². The molecule has 5 nitrogen and oxygen atoms in total. The first-order valence-electron chi connectivity index (χ1n) is 6.17. The predicted molar refractivity (Wildman–Crippen MR) is 69.9 cm³/mol. The van der Waals surface area contributed by atoms with E-state index in [2.05, 4.69) is 24.1 Å². The van der Waals surface area contributed by atoms with Gasteiger partial charge in [0, 0.05) is 25.5 Å². The van der Waals surface area contributed by atoms with Crippen molar-refractivity contribution >= 4 is 6.03 Å². The summed E-state index contributed by atoms with van der Waals surface area (Å²) in [5, 5.41) is 2.99. The summed E-state index contributed by atoms with van der Waals surface area (Å²) in [5.41, 5.74) is 6.75. The maximum Gasteiger partial charge on any atom is 0.318 e. The van der Waals surface area contributed by atoms with Gasteiger partial charge in [-0.05, 0) is 29.7 Å². The van der Waals surface area contributed by atoms with E-state index in [0.717, 1.165) is 5.56 Å². The maximum absolute atomic E-state index is 11.9. The van der Waals surface area contributed by atoms with E-state index in [1.165, 1.54) is 0 Å². The Balaban J connectivity index is 2.04. The van der Waals surface area contributed by atoms with Crippen molar-refractivity contribution < 1.29 is 4.79 Å². The maximum atomic E-state index is 11.9. The lowest BCUT2D eigenvalue weighted by atomic mass is 9.93. The highest BCUT2D eigenvalue weighted by atomic mass is 16.2. The molecule has 0 saturated carbocycles. The van der Waals surface area contributed by atoms with Gasteiger partial charge in [0.1, 0.15) is 0 Å². The number of aromatic nitrogens is 1. The number of urea groups is 1. The quantitative estimate of drug-likeness (QED) is 0.839. The third kappa shape index (κ3) is 2.79. The summed E-state index contributed by atoms with van der Waals surface area (Å²) in [6, 6.07) is 3.90. The number of hydrogen-bond donors (Lipinski definition) is 2. The molecule has 1 aliphatic heterocycles. The van der Waals surface area contributed by atoms with Crippen LogP contribution in [-0.4, -0.2) is 35.5 Å². The summed E-state index contributed by atoms with van der Waals surface area (Å²) in [4.78, 5) is 17.7. The first kappa shape index (κ1) is 12.8. The molecule has 18 heavy (non-hydrogen) atoms. The lowest BCUT2D eigenvalue weighted by molar-refractivity contribution is 0.191. The molecule has 1 aromatic heterocycles. The van der Waals surface area contributed by atoms with Crippen LogP contribution >= 0.6 is 0 Å². The zero-order valence-corrected chi connectivity index (χ0v) is 10.9. The number of nitrogens with two attached hydrogens (primary N) is 1. The molecule has 2 amide bonds. The van der Waals surface area contributed by atoms with E-state index < -0.39 is 0 Å². The zero-order chi connectivity index (χ0) is 13.2. The number of hydrogen-bond acceptors (Lipinski definition) is 3. The average molecular weight is 248 g/mol. The number of amides is 2. The van der Waals surface area contributed by atoms with Crippen LogP contribution in [0.2, 0.25) is 0 Å². The molecule has 0 bridgehead atoms. The van der Waals surface area contributed by atoms with Gasteiger partial charge in [0.2, 0.25) is 0 Å². The molecule has 1 fully saturated rings. The van der Waals surface area contributed by atoms with Gasteiger partial charge in [-0.1, -0.05) is 13.8 Å². The van der Waals surface area contributed by atoms with Crippen LogP contribution in [0.5, 0.6) is 0 Å². The molecule has 98 valence electrons. The zero-order valence-electron chi connectivity index (χ0n) is 10.9. The van der Waals surface area contributed by atoms with Crippen LogP contribution in [0.15, 0.2) is 24.5 Å². The molecule has 0 aromatic carbocycles. The SMILES string of the molecule is CC(C)(CN)CN1CC(c2ccncc2)NC1=O. The van der Waals surface area contributed by atoms with Crippen molar-refractivity contribution in [3.05, 3.63) is 30.1 Å². The van der Waals surface area contributed by atoms with Gasteiger partial charge in [-0.2, -0.15) is 0 Å². The molecule has 2 heterocycles. The predicted octanol–water partition coefficient (Wildman–Crippen LogP) is 1.13. The third-order valence-electron chi connectivity index (χ3n) is 3.27. The second-order valence-corrected chi connectivity index (χ2v) is 5.53. The Labute approximate surface area is 107 Å². The van der Waals surface area contributed by atoms with E-state index in [0.29, 0.717) is 19.6 Å². The van der Waals surface area contributed by atoms with Gasteiger partial charge in [-0.15, -0.1) is 0 Å². The first-order chi connectivity index (χ1) is 8.52. The summed E-state index contributed by atoms with van der Waals surface area (Å²) < 4.78 is 0. The van der Waals surface area contributed by atoms with Gasteiger partial charge in [0.25, 0.3) is 0 Å². The summed E-state index contributed by atoms with van der Waals surface area (Å²) in [5.74, 6) is 0. The first-order valence-corrected chi connectivity index (χ1v) is 6.17. The standard InChI is InChI=1S/C13H20N4O/c1-13(2,8-14)9-17-7-11(16-12(17)18)10-3-5-15-6-4-10/h3-6,11H,7-9,14H2,1-2H3,(H,16,18). The van der Waals surface area contributed by atoms with Crippen molar-refractivity contribution in [2.75, 3.05) is 19.6 Å². The summed E-state index contributed by atoms with van der Waals surface area (Å²) in [6.45, 7) is 6.07. The van der Waals surface area contributed by atoms with Gasteiger partial charge in [0.05, 0.1) is 6.04 Å². The number of rotatable bonds is 4. The molecule has 5 heteroatoms. The van der Waals surface area contributed by atoms with E-state index in [-0.39, 0.29) is 17.5 Å². The average Bonchev–Trinajstić information content (AvgIpc) is 2.72. The molecule has 1 aliphatic rings. The minimum absolute atomic E-state index is 0.0154. The van der Waals surface area contributed by atoms with Crippen molar-refractivity contribution in [1.29, 1.82) is 0 Å². The molecule has 0 radical (unpaired) electrons. The Morgan fingerprint density at radius 2 is 2.17 bits per heavy atom. The monoisotopic (exact) mass is 248 g/mol. The van der Waals surface area contributed by atoms with Gasteiger partial charge in [-0.3, -0.25) is 4.98 Å². The van der Waals surface area contributed by atoms with E-state index in [9.17, 15) is 4.79 Å². The minimum atomic E-state index is -0.0511. The van der Waals surface area contributed by atoms with Crippen molar-refractivity contribution in [2.45, 2.75) is 19.9 Å². The van der Waals surface area contributed by atoms with Crippen LogP contribution in [0.25, 0.3) is 0 Å². The Kier molecular flexibility index (Phi) is 3.52. The molecule has 3 N–H and O–H groups in total. The van der Waals surface area contributed by atoms with E-state index >= 15 is 0 Å². The molecule has 0 aliphatic carbocycles. The fourth-order valence-electron chi connectivity index (χ4n) is 2.09. The number of nitrogens with zero attached hydrogens (tertiary/aromatic N) is 2. The Hall–Kier alpha value is -1.62. The lowest BCUT2D eigenvalue weighted by Gasteiger charge is -2.28. The van der Waals surface area contributed by atoms with Gasteiger partial charge < -0.3 is 16.0 Å². The highest BCUT2D eigenvalue weighted by Crippen LogP contribution is 2.23. The van der Waals surface area contributed by atoms with Gasteiger partial charge in [0.15, 0.2) is 0 Å². The molecule has 1 atom stereocenters. The molecular weight excluding hydrogens is 228 g/mol. The van der Waals surface area contributed by atoms with Crippen LogP contribution in [0, 0.1) is 5.41 Å². The number of carbonyl (C=O) groups is 1. The molecule has 1 aromatic rings. The topological polar surface area (TPSA) is 71.2 Å². The highest BCUT2D eigenvalue weighted by molar-refractivity contribution is 5.77. The number of nitrogens with one attached hydrogen (secondary N) is 1. The second kappa shape index (κ2) is 4.94. The van der Waals surface area contributed by atoms with Crippen molar-refractivity contribution in [3.63, 3.8) is 0 Å². The summed E-state index contributed by atoms with van der Waals surface area (Å²) in [7, 11) is 0. The van der Waals surface area contributed by atoms with Gasteiger partial charge >= 0.3 is 6.03 Å². The molecular formula is C13H20N4O. The minimum Gasteiger partial charge on any atom is -0.330 e. The fraction of sp³-hybridized carbons (Fsp3) is 0.538. The second-order valence-electron chi connectivity index (χ2n) is 5.53. The van der Waals surface area contributed by atoms with Crippen molar-refractivity contribution in [1.82, 2.24) is 15.2 Å². The molecule has 2 rings (SSSR count). The Morgan fingerprint density at radius 3 is 2.78 bits per heavy atom. The van der Waals surface area contributed by atoms with E-state index in [4.69, 9.17) is 5.73 Å². The molecule has 1 saturated heterocycles. The van der Waals surface area contributed by atoms with Crippen LogP contribution in [0.4, 0.5) is 4.79 Å². The van der Waals surface area contributed by atoms with Gasteiger partial charge in [-0.25, -0.2) is 4.79 Å². The molecule has 0 spiro atoms. The smallest absolute Gasteiger partial charge is 0.318 e. The normalized spacial score (nSPS) is 20.1. The Bertz CT molecular complexity index is 418. The van der Waals surface area contributed by atoms with E-state index in [1.54, 1.807) is 12.4 Å². The van der Waals surface area contributed by atoms with Crippen LogP contribution in [0.3, 0.4) is 0 Å². The lowest BCUT2D eigenvalue weighted by Crippen LogP contribution is -2.40. The Morgan fingerprint density at radius 1 is 1.50 bits per heavy atom. The van der Waals surface area contributed by atoms with Crippen LogP contribution < -0.4 is 11.1 Å². The van der Waals surface area contributed by atoms with Crippen LogP contribution in [0.1, 0.15) is 25.5 Å². The highest BCUT2D eigenvalue weighted by Gasteiger charge is 2.32. The fourth-order valence-corrected chi connectivity index (χ4v) is 2.09. The number of pyridine rings is 1. The summed E-state index contributed by atoms with van der Waals surface area (Å²) >= 11 is 0.